The average molecular weight is 300 g/mol. The first-order valence-electron chi connectivity index (χ1n) is 6.76. The summed E-state index contributed by atoms with van der Waals surface area (Å²) in [5.74, 6) is -2.67. The lowest BCUT2D eigenvalue weighted by atomic mass is 10.1. The molecule has 1 amide bonds. The fraction of sp³-hybridized carbons (Fsp3) is 0.533. The van der Waals surface area contributed by atoms with Crippen LogP contribution in [0.2, 0.25) is 0 Å². The molecule has 1 aromatic carbocycles. The van der Waals surface area contributed by atoms with Crippen LogP contribution in [-0.4, -0.2) is 24.1 Å². The molecule has 0 aliphatic carbocycles. The Labute approximate surface area is 123 Å². The van der Waals surface area contributed by atoms with Gasteiger partial charge in [-0.25, -0.2) is 8.78 Å². The van der Waals surface area contributed by atoms with Gasteiger partial charge in [-0.05, 0) is 51.8 Å². The highest BCUT2D eigenvalue weighted by Crippen LogP contribution is 2.23. The summed E-state index contributed by atoms with van der Waals surface area (Å²) in [4.78, 5) is 11.6. The predicted molar refractivity (Wildman–Crippen MR) is 77.1 cm³/mol. The minimum atomic E-state index is -0.839. The third-order valence-corrected chi connectivity index (χ3v) is 2.48. The Bertz CT molecular complexity index is 488. The van der Waals surface area contributed by atoms with Gasteiger partial charge in [0.25, 0.3) is 5.91 Å². The first kappa shape index (κ1) is 17.4. The van der Waals surface area contributed by atoms with E-state index in [0.29, 0.717) is 12.0 Å². The largest absolute Gasteiger partial charge is 0.478 e. The number of carbonyl (C=O) groups is 1. The average Bonchev–Trinajstić information content (AvgIpc) is 2.23. The number of hydrogen-bond acceptors (Lipinski definition) is 3. The molecule has 21 heavy (non-hydrogen) atoms. The SMILES string of the molecule is CC(N)Cc1cc(F)c(OCC(=O)NC(C)(C)C)c(F)c1. The number of nitrogens with one attached hydrogen (secondary N) is 1. The van der Waals surface area contributed by atoms with Crippen molar-refractivity contribution in [2.24, 2.45) is 5.73 Å². The number of nitrogens with two attached hydrogens (primary N) is 1. The maximum absolute atomic E-state index is 13.8. The molecule has 0 fully saturated rings. The molecule has 0 saturated heterocycles. The fourth-order valence-electron chi connectivity index (χ4n) is 1.83. The second-order valence-electron chi connectivity index (χ2n) is 6.16. The van der Waals surface area contributed by atoms with Gasteiger partial charge in [0.2, 0.25) is 0 Å². The van der Waals surface area contributed by atoms with Gasteiger partial charge in [0, 0.05) is 11.6 Å². The molecule has 1 unspecified atom stereocenters. The van der Waals surface area contributed by atoms with Crippen LogP contribution in [0.25, 0.3) is 0 Å². The molecule has 4 nitrogen and oxygen atoms in total. The van der Waals surface area contributed by atoms with Crippen molar-refractivity contribution in [3.05, 3.63) is 29.3 Å². The Balaban J connectivity index is 2.74. The van der Waals surface area contributed by atoms with Crippen LogP contribution in [0.15, 0.2) is 12.1 Å². The molecular weight excluding hydrogens is 278 g/mol. The van der Waals surface area contributed by atoms with E-state index in [1.807, 2.05) is 0 Å². The number of ether oxygens (including phenoxy) is 1. The molecule has 0 aliphatic rings. The van der Waals surface area contributed by atoms with Crippen molar-refractivity contribution < 1.29 is 18.3 Å². The maximum Gasteiger partial charge on any atom is 0.258 e. The number of amides is 1. The van der Waals surface area contributed by atoms with E-state index >= 15 is 0 Å². The second kappa shape index (κ2) is 6.85. The van der Waals surface area contributed by atoms with Crippen LogP contribution in [0.5, 0.6) is 5.75 Å². The molecule has 1 aromatic rings. The summed E-state index contributed by atoms with van der Waals surface area (Å²) in [6, 6.07) is 2.14. The van der Waals surface area contributed by atoms with Gasteiger partial charge < -0.3 is 15.8 Å². The summed E-state index contributed by atoms with van der Waals surface area (Å²) in [7, 11) is 0. The van der Waals surface area contributed by atoms with E-state index in [0.717, 1.165) is 0 Å². The van der Waals surface area contributed by atoms with Gasteiger partial charge in [-0.3, -0.25) is 4.79 Å². The van der Waals surface area contributed by atoms with Crippen molar-refractivity contribution in [2.45, 2.75) is 45.7 Å². The molecule has 0 heterocycles. The highest BCUT2D eigenvalue weighted by Gasteiger charge is 2.17. The van der Waals surface area contributed by atoms with Crippen LogP contribution in [0.3, 0.4) is 0 Å². The minimum absolute atomic E-state index is 0.201. The van der Waals surface area contributed by atoms with Gasteiger partial charge in [-0.15, -0.1) is 0 Å². The summed E-state index contributed by atoms with van der Waals surface area (Å²) in [5.41, 5.74) is 5.61. The van der Waals surface area contributed by atoms with Gasteiger partial charge in [-0.2, -0.15) is 0 Å². The molecule has 0 spiro atoms. The molecule has 6 heteroatoms. The van der Waals surface area contributed by atoms with Crippen LogP contribution in [0.4, 0.5) is 8.78 Å². The summed E-state index contributed by atoms with van der Waals surface area (Å²) in [5, 5.41) is 2.64. The second-order valence-corrected chi connectivity index (χ2v) is 6.16. The lowest BCUT2D eigenvalue weighted by molar-refractivity contribution is -0.124. The van der Waals surface area contributed by atoms with Crippen molar-refractivity contribution >= 4 is 5.91 Å². The van der Waals surface area contributed by atoms with Crippen LogP contribution in [0.1, 0.15) is 33.3 Å². The Morgan fingerprint density at radius 2 is 1.86 bits per heavy atom. The molecular formula is C15H22F2N2O2. The van der Waals surface area contributed by atoms with Gasteiger partial charge in [0.05, 0.1) is 0 Å². The highest BCUT2D eigenvalue weighted by atomic mass is 19.1. The molecule has 3 N–H and O–H groups in total. The zero-order valence-electron chi connectivity index (χ0n) is 12.8. The standard InChI is InChI=1S/C15H22F2N2O2/c1-9(18)5-10-6-11(16)14(12(17)7-10)21-8-13(20)19-15(2,3)4/h6-7,9H,5,8,18H2,1-4H3,(H,19,20). The summed E-state index contributed by atoms with van der Waals surface area (Å²) >= 11 is 0. The number of carbonyl (C=O) groups excluding carboxylic acids is 1. The Morgan fingerprint density at radius 3 is 2.29 bits per heavy atom. The van der Waals surface area contributed by atoms with Gasteiger partial charge in [0.15, 0.2) is 24.0 Å². The van der Waals surface area contributed by atoms with Crippen molar-refractivity contribution in [1.82, 2.24) is 5.32 Å². The van der Waals surface area contributed by atoms with Gasteiger partial charge in [0.1, 0.15) is 0 Å². The van der Waals surface area contributed by atoms with E-state index in [-0.39, 0.29) is 6.04 Å². The van der Waals surface area contributed by atoms with Crippen molar-refractivity contribution in [1.29, 1.82) is 0 Å². The monoisotopic (exact) mass is 300 g/mol. The minimum Gasteiger partial charge on any atom is -0.478 e. The third-order valence-electron chi connectivity index (χ3n) is 2.48. The number of hydrogen-bond donors (Lipinski definition) is 2. The van der Waals surface area contributed by atoms with Crippen molar-refractivity contribution in [3.8, 4) is 5.75 Å². The topological polar surface area (TPSA) is 64.3 Å². The smallest absolute Gasteiger partial charge is 0.258 e. The zero-order chi connectivity index (χ0) is 16.2. The summed E-state index contributed by atoms with van der Waals surface area (Å²) in [6.45, 7) is 6.70. The summed E-state index contributed by atoms with van der Waals surface area (Å²) in [6.07, 6.45) is 0.360. The molecule has 0 radical (unpaired) electrons. The van der Waals surface area contributed by atoms with Crippen molar-refractivity contribution in [3.63, 3.8) is 0 Å². The molecule has 0 aromatic heterocycles. The van der Waals surface area contributed by atoms with Crippen LogP contribution >= 0.6 is 0 Å². The van der Waals surface area contributed by atoms with E-state index in [4.69, 9.17) is 10.5 Å². The lowest BCUT2D eigenvalue weighted by Gasteiger charge is -2.20. The maximum atomic E-state index is 13.8. The first-order valence-corrected chi connectivity index (χ1v) is 6.76. The quantitative estimate of drug-likeness (QED) is 0.875. The predicted octanol–water partition coefficient (Wildman–Crippen LogP) is 2.15. The number of rotatable bonds is 5. The normalized spacial score (nSPS) is 12.9. The fourth-order valence-corrected chi connectivity index (χ4v) is 1.83. The van der Waals surface area contributed by atoms with E-state index in [2.05, 4.69) is 5.32 Å². The lowest BCUT2D eigenvalue weighted by Crippen LogP contribution is -2.43. The Hall–Kier alpha value is -1.69. The van der Waals surface area contributed by atoms with Crippen LogP contribution in [-0.2, 0) is 11.2 Å². The Kier molecular flexibility index (Phi) is 5.66. The molecule has 0 aliphatic heterocycles. The third kappa shape index (κ3) is 6.08. The number of halogens is 2. The zero-order valence-corrected chi connectivity index (χ0v) is 12.8. The summed E-state index contributed by atoms with van der Waals surface area (Å²) < 4.78 is 32.6. The molecule has 1 atom stereocenters. The highest BCUT2D eigenvalue weighted by molar-refractivity contribution is 5.78. The molecule has 0 saturated carbocycles. The van der Waals surface area contributed by atoms with Gasteiger partial charge in [-0.1, -0.05) is 0 Å². The van der Waals surface area contributed by atoms with E-state index in [1.165, 1.54) is 12.1 Å². The van der Waals surface area contributed by atoms with E-state index in [1.54, 1.807) is 27.7 Å². The van der Waals surface area contributed by atoms with Gasteiger partial charge >= 0.3 is 0 Å². The van der Waals surface area contributed by atoms with Crippen molar-refractivity contribution in [2.75, 3.05) is 6.61 Å². The molecule has 1 rings (SSSR count). The van der Waals surface area contributed by atoms with E-state index < -0.39 is 35.4 Å². The molecule has 118 valence electrons. The number of benzene rings is 1. The molecule has 0 bridgehead atoms. The van der Waals surface area contributed by atoms with E-state index in [9.17, 15) is 13.6 Å². The first-order chi connectivity index (χ1) is 9.58. The Morgan fingerprint density at radius 1 is 1.33 bits per heavy atom. The van der Waals surface area contributed by atoms with Crippen LogP contribution in [0, 0.1) is 11.6 Å². The van der Waals surface area contributed by atoms with Crippen LogP contribution < -0.4 is 15.8 Å².